The molecule has 23 heavy (non-hydrogen) atoms. The molecule has 3 rings (SSSR count). The third-order valence-electron chi connectivity index (χ3n) is 3.69. The number of carbonyl (C=O) groups is 1. The van der Waals surface area contributed by atoms with Gasteiger partial charge in [0.05, 0.1) is 18.8 Å². The number of pyridine rings is 1. The molecular formula is C16H19N5O2. The smallest absolute Gasteiger partial charge is 0.272 e. The maximum Gasteiger partial charge on any atom is 0.272 e. The van der Waals surface area contributed by atoms with Crippen molar-refractivity contribution in [2.24, 2.45) is 0 Å². The van der Waals surface area contributed by atoms with Crippen molar-refractivity contribution < 1.29 is 9.53 Å². The summed E-state index contributed by atoms with van der Waals surface area (Å²) in [6.07, 6.45) is 1.39. The van der Waals surface area contributed by atoms with Crippen molar-refractivity contribution in [3.05, 3.63) is 47.2 Å². The number of nitrogens with zero attached hydrogens (tertiary/aromatic N) is 4. The number of aryl methyl sites for hydroxylation is 2. The van der Waals surface area contributed by atoms with E-state index in [1.54, 1.807) is 30.2 Å². The number of rotatable bonds is 2. The molecule has 0 saturated carbocycles. The van der Waals surface area contributed by atoms with Gasteiger partial charge in [-0.1, -0.05) is 6.07 Å². The summed E-state index contributed by atoms with van der Waals surface area (Å²) in [7, 11) is 0. The van der Waals surface area contributed by atoms with Crippen LogP contribution in [0.3, 0.4) is 0 Å². The zero-order chi connectivity index (χ0) is 16.4. The molecule has 0 aromatic carbocycles. The van der Waals surface area contributed by atoms with E-state index in [1.165, 1.54) is 0 Å². The number of carbonyl (C=O) groups excluding carboxylic acids is 1. The van der Waals surface area contributed by atoms with Gasteiger partial charge in [-0.3, -0.25) is 9.78 Å². The Balaban J connectivity index is 1.77. The fourth-order valence-electron chi connectivity index (χ4n) is 2.55. The van der Waals surface area contributed by atoms with Crippen LogP contribution in [0.2, 0.25) is 0 Å². The monoisotopic (exact) mass is 313 g/mol. The van der Waals surface area contributed by atoms with Gasteiger partial charge < -0.3 is 15.4 Å². The lowest BCUT2D eigenvalue weighted by Crippen LogP contribution is -2.42. The first kappa shape index (κ1) is 15.4. The highest BCUT2D eigenvalue weighted by Gasteiger charge is 2.28. The number of hydrogen-bond donors (Lipinski definition) is 1. The quantitative estimate of drug-likeness (QED) is 0.897. The second-order valence-electron chi connectivity index (χ2n) is 5.60. The minimum Gasteiger partial charge on any atom is -0.384 e. The SMILES string of the molecule is Cc1ccc(C(=O)N2CCO[C@H](c3cc(N)nc(C)n3)C2)nc1. The highest BCUT2D eigenvalue weighted by Crippen LogP contribution is 2.22. The van der Waals surface area contributed by atoms with E-state index in [1.807, 2.05) is 13.0 Å². The molecular weight excluding hydrogens is 294 g/mol. The van der Waals surface area contributed by atoms with Gasteiger partial charge in [0.15, 0.2) is 0 Å². The van der Waals surface area contributed by atoms with Crippen LogP contribution in [0, 0.1) is 13.8 Å². The zero-order valence-corrected chi connectivity index (χ0v) is 13.2. The Morgan fingerprint density at radius 1 is 1.35 bits per heavy atom. The average Bonchev–Trinajstić information content (AvgIpc) is 2.54. The number of ether oxygens (including phenoxy) is 1. The van der Waals surface area contributed by atoms with Crippen LogP contribution in [0.25, 0.3) is 0 Å². The molecule has 2 aromatic heterocycles. The number of anilines is 1. The molecule has 2 aromatic rings. The summed E-state index contributed by atoms with van der Waals surface area (Å²) in [6.45, 7) is 5.12. The van der Waals surface area contributed by atoms with Crippen molar-refractivity contribution >= 4 is 11.7 Å². The first-order chi connectivity index (χ1) is 11.0. The van der Waals surface area contributed by atoms with Crippen LogP contribution in [-0.4, -0.2) is 45.5 Å². The highest BCUT2D eigenvalue weighted by atomic mass is 16.5. The summed E-state index contributed by atoms with van der Waals surface area (Å²) in [5.41, 5.74) is 7.93. The Bertz CT molecular complexity index is 697. The maximum absolute atomic E-state index is 12.6. The largest absolute Gasteiger partial charge is 0.384 e. The van der Waals surface area contributed by atoms with E-state index in [2.05, 4.69) is 15.0 Å². The molecule has 1 aliphatic heterocycles. The van der Waals surface area contributed by atoms with Crippen LogP contribution in [0.4, 0.5) is 5.82 Å². The average molecular weight is 313 g/mol. The van der Waals surface area contributed by atoms with Gasteiger partial charge in [0.25, 0.3) is 5.91 Å². The fraction of sp³-hybridized carbons (Fsp3) is 0.375. The molecule has 1 saturated heterocycles. The van der Waals surface area contributed by atoms with E-state index < -0.39 is 0 Å². The zero-order valence-electron chi connectivity index (χ0n) is 13.2. The summed E-state index contributed by atoms with van der Waals surface area (Å²) in [5.74, 6) is 0.893. The normalized spacial score (nSPS) is 18.0. The molecule has 0 radical (unpaired) electrons. The maximum atomic E-state index is 12.6. The first-order valence-electron chi connectivity index (χ1n) is 7.47. The molecule has 1 atom stereocenters. The van der Waals surface area contributed by atoms with Crippen LogP contribution < -0.4 is 5.73 Å². The summed E-state index contributed by atoms with van der Waals surface area (Å²) < 4.78 is 5.75. The Hall–Kier alpha value is -2.54. The molecule has 1 fully saturated rings. The van der Waals surface area contributed by atoms with Gasteiger partial charge in [-0.05, 0) is 25.5 Å². The number of nitrogens with two attached hydrogens (primary N) is 1. The van der Waals surface area contributed by atoms with Gasteiger partial charge >= 0.3 is 0 Å². The molecule has 0 aliphatic carbocycles. The Morgan fingerprint density at radius 3 is 2.87 bits per heavy atom. The van der Waals surface area contributed by atoms with Crippen molar-refractivity contribution in [3.8, 4) is 0 Å². The van der Waals surface area contributed by atoms with Gasteiger partial charge in [0.1, 0.15) is 23.4 Å². The number of hydrogen-bond acceptors (Lipinski definition) is 6. The van der Waals surface area contributed by atoms with Crippen LogP contribution >= 0.6 is 0 Å². The van der Waals surface area contributed by atoms with Crippen LogP contribution in [0.5, 0.6) is 0 Å². The van der Waals surface area contributed by atoms with Gasteiger partial charge in [0, 0.05) is 18.8 Å². The number of morpholine rings is 1. The van der Waals surface area contributed by atoms with E-state index in [0.717, 1.165) is 5.56 Å². The van der Waals surface area contributed by atoms with Crippen molar-refractivity contribution in [3.63, 3.8) is 0 Å². The lowest BCUT2D eigenvalue weighted by Gasteiger charge is -2.32. The van der Waals surface area contributed by atoms with Gasteiger partial charge in [-0.25, -0.2) is 9.97 Å². The molecule has 0 unspecified atom stereocenters. The lowest BCUT2D eigenvalue weighted by atomic mass is 10.1. The highest BCUT2D eigenvalue weighted by molar-refractivity contribution is 5.92. The molecule has 0 bridgehead atoms. The number of aromatic nitrogens is 3. The van der Waals surface area contributed by atoms with Gasteiger partial charge in [-0.15, -0.1) is 0 Å². The van der Waals surface area contributed by atoms with E-state index in [9.17, 15) is 4.79 Å². The molecule has 0 spiro atoms. The minimum atomic E-state index is -0.304. The molecule has 1 aliphatic rings. The minimum absolute atomic E-state index is 0.1000. The van der Waals surface area contributed by atoms with E-state index in [4.69, 9.17) is 10.5 Å². The summed E-state index contributed by atoms with van der Waals surface area (Å²) in [4.78, 5) is 26.9. The van der Waals surface area contributed by atoms with Crippen molar-refractivity contribution in [2.75, 3.05) is 25.4 Å². The Morgan fingerprint density at radius 2 is 2.17 bits per heavy atom. The van der Waals surface area contributed by atoms with E-state index in [0.29, 0.717) is 42.7 Å². The Kier molecular flexibility index (Phi) is 4.20. The molecule has 7 nitrogen and oxygen atoms in total. The second kappa shape index (κ2) is 6.29. The predicted octanol–water partition coefficient (Wildman–Crippen LogP) is 1.28. The van der Waals surface area contributed by atoms with Crippen molar-refractivity contribution in [1.82, 2.24) is 19.9 Å². The van der Waals surface area contributed by atoms with Gasteiger partial charge in [-0.2, -0.15) is 0 Å². The number of amides is 1. The molecule has 1 amide bonds. The lowest BCUT2D eigenvalue weighted by molar-refractivity contribution is -0.0250. The van der Waals surface area contributed by atoms with E-state index in [-0.39, 0.29) is 12.0 Å². The molecule has 7 heteroatoms. The van der Waals surface area contributed by atoms with Gasteiger partial charge in [0.2, 0.25) is 0 Å². The first-order valence-corrected chi connectivity index (χ1v) is 7.47. The van der Waals surface area contributed by atoms with Crippen LogP contribution in [0.1, 0.15) is 33.7 Å². The summed E-state index contributed by atoms with van der Waals surface area (Å²) in [5, 5.41) is 0. The third-order valence-corrected chi connectivity index (χ3v) is 3.69. The molecule has 3 heterocycles. The third kappa shape index (κ3) is 3.45. The second-order valence-corrected chi connectivity index (χ2v) is 5.60. The Labute approximate surface area is 134 Å². The topological polar surface area (TPSA) is 94.2 Å². The van der Waals surface area contributed by atoms with E-state index >= 15 is 0 Å². The molecule has 2 N–H and O–H groups in total. The van der Waals surface area contributed by atoms with Crippen LogP contribution in [0.15, 0.2) is 24.4 Å². The summed E-state index contributed by atoms with van der Waals surface area (Å²) in [6, 6.07) is 5.32. The van der Waals surface area contributed by atoms with Crippen molar-refractivity contribution in [1.29, 1.82) is 0 Å². The standard InChI is InChI=1S/C16H19N5O2/c1-10-3-4-12(18-8-10)16(22)21-5-6-23-14(9-21)13-7-15(17)20-11(2)19-13/h3-4,7-8,14H,5-6,9H2,1-2H3,(H2,17,19,20)/t14-/m0/s1. The van der Waals surface area contributed by atoms with Crippen LogP contribution in [-0.2, 0) is 4.74 Å². The predicted molar refractivity (Wildman–Crippen MR) is 84.8 cm³/mol. The number of nitrogen functional groups attached to an aromatic ring is 1. The molecule has 120 valence electrons. The fourth-order valence-corrected chi connectivity index (χ4v) is 2.55. The van der Waals surface area contributed by atoms with Crippen molar-refractivity contribution in [2.45, 2.75) is 20.0 Å². The summed E-state index contributed by atoms with van der Waals surface area (Å²) >= 11 is 0.